The third-order valence-corrected chi connectivity index (χ3v) is 6.41. The first-order valence-electron chi connectivity index (χ1n) is 10.0. The van der Waals surface area contributed by atoms with E-state index >= 15 is 0 Å². The van der Waals surface area contributed by atoms with Gasteiger partial charge in [0.2, 0.25) is 0 Å². The minimum Gasteiger partial charge on any atom is -0.448 e. The maximum atomic E-state index is 13.0. The Morgan fingerprint density at radius 3 is 2.63 bits per heavy atom. The van der Waals surface area contributed by atoms with Gasteiger partial charge in [-0.2, -0.15) is 0 Å². The van der Waals surface area contributed by atoms with E-state index in [4.69, 9.17) is 4.74 Å². The lowest BCUT2D eigenvalue weighted by molar-refractivity contribution is 0.0813. The monoisotopic (exact) mass is 426 g/mol. The smallest absolute Gasteiger partial charge is 0.411 e. The molecule has 156 valence electrons. The highest BCUT2D eigenvalue weighted by atomic mass is 32.1. The van der Waals surface area contributed by atoms with Crippen molar-refractivity contribution in [2.24, 2.45) is 5.92 Å². The molecule has 0 aliphatic carbocycles. The maximum absolute atomic E-state index is 13.0. The van der Waals surface area contributed by atoms with E-state index in [1.807, 2.05) is 29.6 Å². The number of nitrogens with zero attached hydrogens (tertiary/aromatic N) is 1. The Bertz CT molecular complexity index is 1030. The van der Waals surface area contributed by atoms with Gasteiger partial charge < -0.3 is 4.74 Å². The molecule has 5 nitrogen and oxygen atoms in total. The molecule has 1 N–H and O–H groups in total. The molecule has 1 aromatic heterocycles. The molecule has 1 amide bonds. The Morgan fingerprint density at radius 2 is 1.87 bits per heavy atom. The second kappa shape index (κ2) is 9.36. The van der Waals surface area contributed by atoms with Gasteiger partial charge in [-0.1, -0.05) is 12.1 Å². The van der Waals surface area contributed by atoms with E-state index in [1.165, 1.54) is 12.1 Å². The molecule has 1 saturated heterocycles. The molecular weight excluding hydrogens is 403 g/mol. The second-order valence-corrected chi connectivity index (χ2v) is 8.31. The summed E-state index contributed by atoms with van der Waals surface area (Å²) >= 11 is 1.58. The van der Waals surface area contributed by atoms with Crippen molar-refractivity contribution in [2.75, 3.05) is 31.6 Å². The number of carbonyl (C=O) groups excluding carboxylic acids is 2. The number of ketones is 1. The van der Waals surface area contributed by atoms with Crippen molar-refractivity contribution in [3.05, 3.63) is 65.3 Å². The highest BCUT2D eigenvalue weighted by molar-refractivity contribution is 7.17. The minimum absolute atomic E-state index is 0.0396. The minimum atomic E-state index is -0.461. The molecule has 1 aliphatic heterocycles. The van der Waals surface area contributed by atoms with Crippen LogP contribution in [0.3, 0.4) is 0 Å². The number of nitrogens with one attached hydrogen (secondary N) is 1. The van der Waals surface area contributed by atoms with E-state index in [9.17, 15) is 14.0 Å². The van der Waals surface area contributed by atoms with Crippen LogP contribution in [0.15, 0.2) is 53.9 Å². The number of ether oxygens (including phenoxy) is 1. The first kappa shape index (κ1) is 20.5. The fraction of sp³-hybridized carbons (Fsp3) is 0.304. The lowest BCUT2D eigenvalue weighted by Crippen LogP contribution is -2.38. The van der Waals surface area contributed by atoms with E-state index in [1.54, 1.807) is 23.5 Å². The van der Waals surface area contributed by atoms with Gasteiger partial charge in [-0.25, -0.2) is 9.18 Å². The molecule has 1 fully saturated rings. The number of thiophene rings is 1. The molecule has 0 atom stereocenters. The number of halogens is 1. The summed E-state index contributed by atoms with van der Waals surface area (Å²) in [4.78, 5) is 26.9. The van der Waals surface area contributed by atoms with Crippen LogP contribution in [0.25, 0.3) is 10.1 Å². The summed E-state index contributed by atoms with van der Waals surface area (Å²) in [7, 11) is 0. The summed E-state index contributed by atoms with van der Waals surface area (Å²) in [5, 5.41) is 5.90. The maximum Gasteiger partial charge on any atom is 0.411 e. The number of rotatable bonds is 6. The van der Waals surface area contributed by atoms with E-state index in [2.05, 4.69) is 10.2 Å². The van der Waals surface area contributed by atoms with Crippen molar-refractivity contribution >= 4 is 39.0 Å². The molecule has 30 heavy (non-hydrogen) atoms. The van der Waals surface area contributed by atoms with Crippen LogP contribution in [0.2, 0.25) is 0 Å². The zero-order valence-corrected chi connectivity index (χ0v) is 17.3. The zero-order valence-electron chi connectivity index (χ0n) is 16.5. The molecule has 2 heterocycles. The average molecular weight is 427 g/mol. The third-order valence-electron chi connectivity index (χ3n) is 5.44. The van der Waals surface area contributed by atoms with Crippen LogP contribution in [0.5, 0.6) is 0 Å². The normalized spacial score (nSPS) is 15.2. The summed E-state index contributed by atoms with van der Waals surface area (Å²) in [6, 6.07) is 13.5. The molecule has 4 rings (SSSR count). The van der Waals surface area contributed by atoms with Crippen molar-refractivity contribution in [3.63, 3.8) is 0 Å². The SMILES string of the molecule is O=C(Nc1cccc2ccsc12)OCCN1CCC(C(=O)c2ccc(F)cc2)CC1. The molecule has 7 heteroatoms. The van der Waals surface area contributed by atoms with Crippen LogP contribution >= 0.6 is 11.3 Å². The van der Waals surface area contributed by atoms with Gasteiger partial charge in [-0.3, -0.25) is 15.0 Å². The van der Waals surface area contributed by atoms with E-state index in [-0.39, 0.29) is 17.5 Å². The lowest BCUT2D eigenvalue weighted by atomic mass is 9.89. The van der Waals surface area contributed by atoms with Gasteiger partial charge in [-0.05, 0) is 73.1 Å². The van der Waals surface area contributed by atoms with Gasteiger partial charge in [-0.15, -0.1) is 11.3 Å². The molecule has 0 saturated carbocycles. The van der Waals surface area contributed by atoms with Gasteiger partial charge in [0.1, 0.15) is 12.4 Å². The van der Waals surface area contributed by atoms with Crippen molar-refractivity contribution in [1.29, 1.82) is 0 Å². The van der Waals surface area contributed by atoms with Crippen LogP contribution in [-0.4, -0.2) is 43.0 Å². The van der Waals surface area contributed by atoms with Crippen molar-refractivity contribution in [3.8, 4) is 0 Å². The number of likely N-dealkylation sites (tertiary alicyclic amines) is 1. The standard InChI is InChI=1S/C23H23FN2O3S/c24-19-6-4-16(5-7-19)21(27)17-8-11-26(12-9-17)13-14-29-23(28)25-20-3-1-2-18-10-15-30-22(18)20/h1-7,10,15,17H,8-9,11-14H2,(H,25,28). The number of fused-ring (bicyclic) bond motifs is 1. The summed E-state index contributed by atoms with van der Waals surface area (Å²) in [6.07, 6.45) is 1.04. The Morgan fingerprint density at radius 1 is 1.10 bits per heavy atom. The Balaban J connectivity index is 1.19. The zero-order chi connectivity index (χ0) is 20.9. The number of carbonyl (C=O) groups is 2. The molecule has 3 aromatic rings. The molecule has 0 unspecified atom stereocenters. The predicted octanol–water partition coefficient (Wildman–Crippen LogP) is 5.18. The van der Waals surface area contributed by atoms with E-state index in [0.29, 0.717) is 18.7 Å². The van der Waals surface area contributed by atoms with Crippen molar-refractivity contribution in [1.82, 2.24) is 4.90 Å². The second-order valence-electron chi connectivity index (χ2n) is 7.39. The van der Waals surface area contributed by atoms with Crippen molar-refractivity contribution < 1.29 is 18.7 Å². The van der Waals surface area contributed by atoms with E-state index < -0.39 is 6.09 Å². The third kappa shape index (κ3) is 4.86. The predicted molar refractivity (Wildman–Crippen MR) is 117 cm³/mol. The first-order chi connectivity index (χ1) is 14.6. The number of hydrogen-bond donors (Lipinski definition) is 1. The highest BCUT2D eigenvalue weighted by Gasteiger charge is 2.25. The van der Waals surface area contributed by atoms with Gasteiger partial charge in [0.25, 0.3) is 0 Å². The topological polar surface area (TPSA) is 58.6 Å². The van der Waals surface area contributed by atoms with Gasteiger partial charge in [0.15, 0.2) is 5.78 Å². The first-order valence-corrected chi connectivity index (χ1v) is 10.9. The Labute approximate surface area is 178 Å². The number of Topliss-reactive ketones (excluding diaryl/α,β-unsaturated/α-hetero) is 1. The van der Waals surface area contributed by atoms with Crippen LogP contribution < -0.4 is 5.32 Å². The molecule has 0 bridgehead atoms. The molecule has 0 spiro atoms. The number of piperidine rings is 1. The molecular formula is C23H23FN2O3S. The van der Waals surface area contributed by atoms with Gasteiger partial charge in [0.05, 0.1) is 10.4 Å². The quantitative estimate of drug-likeness (QED) is 0.552. The number of hydrogen-bond acceptors (Lipinski definition) is 5. The largest absolute Gasteiger partial charge is 0.448 e. The summed E-state index contributed by atoms with van der Waals surface area (Å²) in [5.74, 6) is -0.298. The Kier molecular flexibility index (Phi) is 6.40. The molecule has 2 aromatic carbocycles. The van der Waals surface area contributed by atoms with Crippen LogP contribution in [0, 0.1) is 11.7 Å². The van der Waals surface area contributed by atoms with Crippen molar-refractivity contribution in [2.45, 2.75) is 12.8 Å². The average Bonchev–Trinajstić information content (AvgIpc) is 3.24. The molecule has 0 radical (unpaired) electrons. The number of amides is 1. The van der Waals surface area contributed by atoms with Crippen LogP contribution in [0.4, 0.5) is 14.9 Å². The Hall–Kier alpha value is -2.77. The summed E-state index contributed by atoms with van der Waals surface area (Å²) in [5.41, 5.74) is 1.32. The highest BCUT2D eigenvalue weighted by Crippen LogP contribution is 2.28. The van der Waals surface area contributed by atoms with Gasteiger partial charge in [0, 0.05) is 18.0 Å². The number of benzene rings is 2. The van der Waals surface area contributed by atoms with E-state index in [0.717, 1.165) is 41.7 Å². The van der Waals surface area contributed by atoms with Gasteiger partial charge >= 0.3 is 6.09 Å². The fourth-order valence-corrected chi connectivity index (χ4v) is 4.64. The summed E-state index contributed by atoms with van der Waals surface area (Å²) in [6.45, 7) is 2.48. The molecule has 1 aliphatic rings. The lowest BCUT2D eigenvalue weighted by Gasteiger charge is -2.31. The fourth-order valence-electron chi connectivity index (χ4n) is 3.77. The number of anilines is 1. The van der Waals surface area contributed by atoms with Crippen LogP contribution in [0.1, 0.15) is 23.2 Å². The summed E-state index contributed by atoms with van der Waals surface area (Å²) < 4.78 is 19.4. The van der Waals surface area contributed by atoms with Crippen LogP contribution in [-0.2, 0) is 4.74 Å².